The van der Waals surface area contributed by atoms with Gasteiger partial charge in [-0.1, -0.05) is 0 Å². The van der Waals surface area contributed by atoms with Gasteiger partial charge in [0, 0.05) is 52.0 Å². The molecule has 3 heterocycles. The lowest BCUT2D eigenvalue weighted by molar-refractivity contribution is 0.407. The van der Waals surface area contributed by atoms with Gasteiger partial charge in [0.1, 0.15) is 34.7 Å². The van der Waals surface area contributed by atoms with Crippen LogP contribution in [0.25, 0.3) is 0 Å². The number of pyridine rings is 3. The lowest BCUT2D eigenvalue weighted by atomic mass is 10.1. The third-order valence-corrected chi connectivity index (χ3v) is 5.49. The molecule has 0 saturated heterocycles. The maximum absolute atomic E-state index is 5.67. The van der Waals surface area contributed by atoms with Crippen LogP contribution < -0.4 is 19.1 Å². The fourth-order valence-corrected chi connectivity index (χ4v) is 4.05. The van der Waals surface area contributed by atoms with Crippen molar-refractivity contribution >= 4 is 17.5 Å². The highest BCUT2D eigenvalue weighted by atomic mass is 16.5. The maximum Gasteiger partial charge on any atom is 0.146 e. The van der Waals surface area contributed by atoms with Gasteiger partial charge in [-0.3, -0.25) is 4.90 Å². The molecule has 0 atom stereocenters. The van der Waals surface area contributed by atoms with E-state index in [0.717, 1.165) is 50.6 Å². The van der Waals surface area contributed by atoms with Crippen LogP contribution in [-0.2, 0) is 0 Å². The summed E-state index contributed by atoms with van der Waals surface area (Å²) in [6.45, 7) is 11.9. The summed E-state index contributed by atoms with van der Waals surface area (Å²) in [5.74, 6) is 4.40. The first kappa shape index (κ1) is 22.3. The molecule has 0 spiro atoms. The molecule has 0 saturated carbocycles. The molecular weight excluding hydrogens is 392 g/mol. The number of ether oxygens (including phenoxy) is 3. The molecule has 3 aromatic heterocycles. The van der Waals surface area contributed by atoms with Crippen molar-refractivity contribution in [2.75, 3.05) is 26.2 Å². The third kappa shape index (κ3) is 3.76. The molecule has 3 rings (SSSR count). The summed E-state index contributed by atoms with van der Waals surface area (Å²) in [5.41, 5.74) is 5.56. The zero-order chi connectivity index (χ0) is 22.9. The van der Waals surface area contributed by atoms with Crippen LogP contribution in [-0.4, -0.2) is 36.3 Å². The molecule has 31 heavy (non-hydrogen) atoms. The van der Waals surface area contributed by atoms with Gasteiger partial charge in [-0.25, -0.2) is 15.0 Å². The van der Waals surface area contributed by atoms with E-state index in [2.05, 4.69) is 0 Å². The van der Waals surface area contributed by atoms with Crippen LogP contribution in [0.4, 0.5) is 17.5 Å². The Bertz CT molecular complexity index is 987. The molecule has 0 unspecified atom stereocenters. The standard InChI is InChI=1S/C24H30N4O3/c1-13-10-25-22(16(4)19(13)29-7)28(23-17(5)20(30-8)14(2)11-26-23)24-18(6)21(31-9)15(3)12-27-24/h10-12H,1-9H3. The molecule has 7 heteroatoms. The quantitative estimate of drug-likeness (QED) is 0.539. The molecule has 0 N–H and O–H groups in total. The molecule has 0 amide bonds. The zero-order valence-electron chi connectivity index (χ0n) is 19.7. The summed E-state index contributed by atoms with van der Waals surface area (Å²) in [4.78, 5) is 16.2. The van der Waals surface area contributed by atoms with E-state index in [1.165, 1.54) is 0 Å². The molecule has 0 aliphatic heterocycles. The Morgan fingerprint density at radius 2 is 0.774 bits per heavy atom. The minimum atomic E-state index is 0.686. The molecule has 7 nitrogen and oxygen atoms in total. The molecule has 0 aliphatic rings. The number of methoxy groups -OCH3 is 3. The highest BCUT2D eigenvalue weighted by Crippen LogP contribution is 2.43. The van der Waals surface area contributed by atoms with Crippen LogP contribution >= 0.6 is 0 Å². The minimum absolute atomic E-state index is 0.686. The predicted octanol–water partition coefficient (Wildman–Crippen LogP) is 5.22. The number of nitrogens with zero attached hydrogens (tertiary/aromatic N) is 4. The van der Waals surface area contributed by atoms with Gasteiger partial charge in [-0.2, -0.15) is 0 Å². The van der Waals surface area contributed by atoms with Gasteiger partial charge in [0.2, 0.25) is 0 Å². The second-order valence-electron chi connectivity index (χ2n) is 7.60. The van der Waals surface area contributed by atoms with Crippen molar-refractivity contribution in [3.63, 3.8) is 0 Å². The van der Waals surface area contributed by atoms with Crippen molar-refractivity contribution in [2.24, 2.45) is 0 Å². The number of aromatic nitrogens is 3. The third-order valence-electron chi connectivity index (χ3n) is 5.49. The van der Waals surface area contributed by atoms with E-state index in [1.54, 1.807) is 39.9 Å². The van der Waals surface area contributed by atoms with Crippen LogP contribution in [0.2, 0.25) is 0 Å². The van der Waals surface area contributed by atoms with E-state index in [9.17, 15) is 0 Å². The fourth-order valence-electron chi connectivity index (χ4n) is 4.05. The Balaban J connectivity index is 2.41. The van der Waals surface area contributed by atoms with Crippen molar-refractivity contribution in [2.45, 2.75) is 41.5 Å². The molecule has 0 bridgehead atoms. The van der Waals surface area contributed by atoms with Crippen molar-refractivity contribution < 1.29 is 14.2 Å². The van der Waals surface area contributed by atoms with Crippen LogP contribution in [0, 0.1) is 41.5 Å². The average molecular weight is 423 g/mol. The Labute approximate surface area is 184 Å². The van der Waals surface area contributed by atoms with Gasteiger partial charge in [-0.15, -0.1) is 0 Å². The summed E-state index contributed by atoms with van der Waals surface area (Å²) >= 11 is 0. The van der Waals surface area contributed by atoms with Gasteiger partial charge in [-0.05, 0) is 41.5 Å². The maximum atomic E-state index is 5.67. The van der Waals surface area contributed by atoms with E-state index < -0.39 is 0 Å². The second-order valence-corrected chi connectivity index (χ2v) is 7.60. The summed E-state index contributed by atoms with van der Waals surface area (Å²) in [5, 5.41) is 0. The summed E-state index contributed by atoms with van der Waals surface area (Å²) in [7, 11) is 5.00. The summed E-state index contributed by atoms with van der Waals surface area (Å²) in [6.07, 6.45) is 5.40. The Morgan fingerprint density at radius 1 is 0.516 bits per heavy atom. The average Bonchev–Trinajstić information content (AvgIpc) is 2.73. The van der Waals surface area contributed by atoms with E-state index in [1.807, 2.05) is 46.4 Å². The zero-order valence-corrected chi connectivity index (χ0v) is 19.7. The van der Waals surface area contributed by atoms with E-state index in [0.29, 0.717) is 17.5 Å². The smallest absolute Gasteiger partial charge is 0.146 e. The van der Waals surface area contributed by atoms with Crippen LogP contribution in [0.15, 0.2) is 18.6 Å². The van der Waals surface area contributed by atoms with Gasteiger partial charge in [0.15, 0.2) is 0 Å². The summed E-state index contributed by atoms with van der Waals surface area (Å²) in [6, 6.07) is 0. The Hall–Kier alpha value is -3.35. The monoisotopic (exact) mass is 422 g/mol. The molecule has 0 aromatic carbocycles. The van der Waals surface area contributed by atoms with E-state index in [4.69, 9.17) is 29.2 Å². The molecule has 0 radical (unpaired) electrons. The van der Waals surface area contributed by atoms with Crippen molar-refractivity contribution in [3.05, 3.63) is 52.0 Å². The number of aryl methyl sites for hydroxylation is 3. The Kier molecular flexibility index (Phi) is 6.34. The van der Waals surface area contributed by atoms with Crippen molar-refractivity contribution in [1.82, 2.24) is 15.0 Å². The largest absolute Gasteiger partial charge is 0.496 e. The first-order valence-corrected chi connectivity index (χ1v) is 10.1. The van der Waals surface area contributed by atoms with Crippen LogP contribution in [0.5, 0.6) is 17.2 Å². The molecule has 0 fully saturated rings. The number of hydrogen-bond acceptors (Lipinski definition) is 7. The number of rotatable bonds is 6. The highest BCUT2D eigenvalue weighted by molar-refractivity contribution is 5.79. The molecule has 164 valence electrons. The Morgan fingerprint density at radius 3 is 1.00 bits per heavy atom. The number of hydrogen-bond donors (Lipinski definition) is 0. The molecule has 0 aliphatic carbocycles. The van der Waals surface area contributed by atoms with Gasteiger partial charge >= 0.3 is 0 Å². The second kappa shape index (κ2) is 8.79. The first-order valence-electron chi connectivity index (χ1n) is 10.1. The summed E-state index contributed by atoms with van der Waals surface area (Å²) < 4.78 is 17.0. The van der Waals surface area contributed by atoms with Crippen molar-refractivity contribution in [1.29, 1.82) is 0 Å². The predicted molar refractivity (Wildman–Crippen MR) is 123 cm³/mol. The molecule has 3 aromatic rings. The van der Waals surface area contributed by atoms with Gasteiger partial charge in [0.05, 0.1) is 21.3 Å². The topological polar surface area (TPSA) is 69.6 Å². The lowest BCUT2D eigenvalue weighted by Crippen LogP contribution is -2.19. The number of anilines is 3. The first-order chi connectivity index (χ1) is 14.8. The van der Waals surface area contributed by atoms with Crippen molar-refractivity contribution in [3.8, 4) is 17.2 Å². The van der Waals surface area contributed by atoms with E-state index >= 15 is 0 Å². The van der Waals surface area contributed by atoms with Gasteiger partial charge < -0.3 is 14.2 Å². The fraction of sp³-hybridized carbons (Fsp3) is 0.375. The SMILES string of the molecule is COc1c(C)cnc(N(c2ncc(C)c(OC)c2C)c2ncc(C)c(OC)c2C)c1C. The highest BCUT2D eigenvalue weighted by Gasteiger charge is 2.27. The van der Waals surface area contributed by atoms with Crippen LogP contribution in [0.3, 0.4) is 0 Å². The van der Waals surface area contributed by atoms with E-state index in [-0.39, 0.29) is 0 Å². The van der Waals surface area contributed by atoms with Crippen LogP contribution in [0.1, 0.15) is 33.4 Å². The minimum Gasteiger partial charge on any atom is -0.496 e. The normalized spacial score (nSPS) is 10.7. The van der Waals surface area contributed by atoms with Gasteiger partial charge in [0.25, 0.3) is 0 Å². The lowest BCUT2D eigenvalue weighted by Gasteiger charge is -2.28. The molecular formula is C24H30N4O3.